The smallest absolute Gasteiger partial charge is 0.289 e. The summed E-state index contributed by atoms with van der Waals surface area (Å²) in [6.45, 7) is 0.897. The normalized spacial score (nSPS) is 14.8. The van der Waals surface area contributed by atoms with Gasteiger partial charge in [0.05, 0.1) is 16.9 Å². The Morgan fingerprint density at radius 1 is 0.938 bits per heavy atom. The molecule has 0 unspecified atom stereocenters. The van der Waals surface area contributed by atoms with Crippen molar-refractivity contribution in [3.63, 3.8) is 0 Å². The molecule has 7 nitrogen and oxygen atoms in total. The molecule has 2 amide bonds. The van der Waals surface area contributed by atoms with Crippen LogP contribution in [0, 0.1) is 0 Å². The molecule has 1 aliphatic heterocycles. The van der Waals surface area contributed by atoms with E-state index in [0.29, 0.717) is 37.1 Å². The van der Waals surface area contributed by atoms with E-state index in [9.17, 15) is 18.0 Å². The van der Waals surface area contributed by atoms with Crippen LogP contribution in [0.3, 0.4) is 0 Å². The topological polar surface area (TPSA) is 96.7 Å². The van der Waals surface area contributed by atoms with Gasteiger partial charge in [-0.1, -0.05) is 36.4 Å². The van der Waals surface area contributed by atoms with Gasteiger partial charge in [-0.05, 0) is 43.2 Å². The highest BCUT2D eigenvalue weighted by Crippen LogP contribution is 2.22. The van der Waals surface area contributed by atoms with Gasteiger partial charge in [-0.2, -0.15) is 0 Å². The van der Waals surface area contributed by atoms with E-state index < -0.39 is 9.84 Å². The molecule has 0 atom stereocenters. The van der Waals surface area contributed by atoms with E-state index in [1.807, 2.05) is 18.2 Å². The molecular formula is C24H24N2O5S. The maximum Gasteiger partial charge on any atom is 0.289 e. The molecule has 1 aliphatic rings. The van der Waals surface area contributed by atoms with Crippen molar-refractivity contribution in [1.29, 1.82) is 0 Å². The molecular weight excluding hydrogens is 428 g/mol. The second-order valence-corrected chi connectivity index (χ2v) is 9.74. The summed E-state index contributed by atoms with van der Waals surface area (Å²) in [5, 5.41) is 3.01. The quantitative estimate of drug-likeness (QED) is 0.619. The lowest BCUT2D eigenvalue weighted by Crippen LogP contribution is -2.46. The Labute approximate surface area is 187 Å². The number of hydrogen-bond acceptors (Lipinski definition) is 5. The van der Waals surface area contributed by atoms with Crippen molar-refractivity contribution in [2.24, 2.45) is 0 Å². The van der Waals surface area contributed by atoms with Gasteiger partial charge in [0.25, 0.3) is 11.8 Å². The van der Waals surface area contributed by atoms with E-state index in [4.69, 9.17) is 4.42 Å². The fourth-order valence-electron chi connectivity index (χ4n) is 3.78. The number of nitrogens with zero attached hydrogens (tertiary/aromatic N) is 1. The molecule has 0 saturated carbocycles. The zero-order valence-corrected chi connectivity index (χ0v) is 18.3. The van der Waals surface area contributed by atoms with Gasteiger partial charge in [0, 0.05) is 30.3 Å². The van der Waals surface area contributed by atoms with Crippen molar-refractivity contribution in [2.75, 3.05) is 13.1 Å². The van der Waals surface area contributed by atoms with Gasteiger partial charge in [-0.3, -0.25) is 9.59 Å². The minimum Gasteiger partial charge on any atom is -0.459 e. The van der Waals surface area contributed by atoms with Gasteiger partial charge in [0.15, 0.2) is 15.6 Å². The molecule has 1 fully saturated rings. The third kappa shape index (κ3) is 4.91. The van der Waals surface area contributed by atoms with Crippen molar-refractivity contribution < 1.29 is 22.4 Å². The Morgan fingerprint density at radius 3 is 2.22 bits per heavy atom. The molecule has 0 aliphatic carbocycles. The Bertz CT molecular complexity index is 1180. The Balaban J connectivity index is 1.37. The first kappa shape index (κ1) is 21.8. The van der Waals surface area contributed by atoms with E-state index in [2.05, 4.69) is 5.32 Å². The van der Waals surface area contributed by atoms with Crippen molar-refractivity contribution in [1.82, 2.24) is 10.2 Å². The van der Waals surface area contributed by atoms with Crippen molar-refractivity contribution in [3.05, 3.63) is 89.9 Å². The second kappa shape index (κ2) is 9.40. The number of amides is 2. The zero-order chi connectivity index (χ0) is 22.6. The first-order valence-electron chi connectivity index (χ1n) is 10.4. The second-order valence-electron chi connectivity index (χ2n) is 7.75. The van der Waals surface area contributed by atoms with Crippen molar-refractivity contribution in [3.8, 4) is 0 Å². The molecule has 2 aromatic carbocycles. The molecule has 1 N–H and O–H groups in total. The third-order valence-electron chi connectivity index (χ3n) is 5.54. The summed E-state index contributed by atoms with van der Waals surface area (Å²) in [4.78, 5) is 27.2. The monoisotopic (exact) mass is 452 g/mol. The Morgan fingerprint density at radius 2 is 1.56 bits per heavy atom. The molecule has 0 bridgehead atoms. The van der Waals surface area contributed by atoms with Crippen LogP contribution in [-0.4, -0.2) is 44.3 Å². The molecule has 4 rings (SSSR count). The minimum atomic E-state index is -3.60. The van der Waals surface area contributed by atoms with Crippen LogP contribution >= 0.6 is 0 Å². The van der Waals surface area contributed by atoms with E-state index in [-0.39, 0.29) is 34.3 Å². The maximum atomic E-state index is 13.0. The Hall–Kier alpha value is -3.39. The van der Waals surface area contributed by atoms with Gasteiger partial charge >= 0.3 is 0 Å². The van der Waals surface area contributed by atoms with Crippen LogP contribution in [0.5, 0.6) is 0 Å². The van der Waals surface area contributed by atoms with Gasteiger partial charge in [-0.15, -0.1) is 0 Å². The first-order valence-corrected chi connectivity index (χ1v) is 12.1. The SMILES string of the molecule is O=C(NC1CCN(C(=O)c2occc2CS(=O)(=O)c2ccccc2)CC1)c1ccccc1. The highest BCUT2D eigenvalue weighted by Gasteiger charge is 2.29. The third-order valence-corrected chi connectivity index (χ3v) is 7.22. The van der Waals surface area contributed by atoms with Crippen LogP contribution < -0.4 is 5.32 Å². The molecule has 166 valence electrons. The van der Waals surface area contributed by atoms with E-state index in [1.165, 1.54) is 24.5 Å². The number of carbonyl (C=O) groups is 2. The lowest BCUT2D eigenvalue weighted by molar-refractivity contribution is 0.0666. The van der Waals surface area contributed by atoms with Gasteiger partial charge in [0.2, 0.25) is 0 Å². The number of hydrogen-bond donors (Lipinski definition) is 1. The predicted molar refractivity (Wildman–Crippen MR) is 119 cm³/mol. The number of furan rings is 1. The van der Waals surface area contributed by atoms with Crippen LogP contribution in [0.4, 0.5) is 0 Å². The molecule has 3 aromatic rings. The molecule has 32 heavy (non-hydrogen) atoms. The zero-order valence-electron chi connectivity index (χ0n) is 17.4. The van der Waals surface area contributed by atoms with Gasteiger partial charge in [0.1, 0.15) is 0 Å². The van der Waals surface area contributed by atoms with Gasteiger partial charge in [-0.25, -0.2) is 8.42 Å². The lowest BCUT2D eigenvalue weighted by Gasteiger charge is -2.32. The maximum absolute atomic E-state index is 13.0. The summed E-state index contributed by atoms with van der Waals surface area (Å²) in [5.74, 6) is -0.717. The average molecular weight is 453 g/mol. The van der Waals surface area contributed by atoms with Crippen molar-refractivity contribution >= 4 is 21.7 Å². The fraction of sp³-hybridized carbons (Fsp3) is 0.250. The number of rotatable bonds is 6. The van der Waals surface area contributed by atoms with E-state index in [0.717, 1.165) is 0 Å². The van der Waals surface area contributed by atoms with Crippen molar-refractivity contribution in [2.45, 2.75) is 29.5 Å². The number of nitrogens with one attached hydrogen (secondary N) is 1. The molecule has 8 heteroatoms. The highest BCUT2D eigenvalue weighted by atomic mass is 32.2. The molecule has 1 saturated heterocycles. The van der Waals surface area contributed by atoms with Crippen LogP contribution in [0.1, 0.15) is 39.3 Å². The summed E-state index contributed by atoms with van der Waals surface area (Å²) in [5.41, 5.74) is 0.948. The number of likely N-dealkylation sites (tertiary alicyclic amines) is 1. The molecule has 0 spiro atoms. The average Bonchev–Trinajstić information content (AvgIpc) is 3.27. The molecule has 0 radical (unpaired) electrons. The molecule has 2 heterocycles. The van der Waals surface area contributed by atoms with Crippen LogP contribution in [-0.2, 0) is 15.6 Å². The highest BCUT2D eigenvalue weighted by molar-refractivity contribution is 7.90. The predicted octanol–water partition coefficient (Wildman–Crippen LogP) is 3.29. The largest absolute Gasteiger partial charge is 0.459 e. The summed E-state index contributed by atoms with van der Waals surface area (Å²) in [6, 6.07) is 18.6. The summed E-state index contributed by atoms with van der Waals surface area (Å²) >= 11 is 0. The van der Waals surface area contributed by atoms with Crippen LogP contribution in [0.2, 0.25) is 0 Å². The first-order chi connectivity index (χ1) is 15.4. The standard InChI is InChI=1S/C24H24N2O5S/c27-23(18-7-3-1-4-8-18)25-20-11-14-26(15-12-20)24(28)22-19(13-16-31-22)17-32(29,30)21-9-5-2-6-10-21/h1-10,13,16,20H,11-12,14-15,17H2,(H,25,27). The lowest BCUT2D eigenvalue weighted by atomic mass is 10.0. The summed E-state index contributed by atoms with van der Waals surface area (Å²) < 4.78 is 30.8. The van der Waals surface area contributed by atoms with Crippen LogP contribution in [0.25, 0.3) is 0 Å². The summed E-state index contributed by atoms with van der Waals surface area (Å²) in [6.07, 6.45) is 2.57. The van der Waals surface area contributed by atoms with E-state index in [1.54, 1.807) is 35.2 Å². The number of piperidine rings is 1. The number of benzene rings is 2. The number of sulfone groups is 1. The van der Waals surface area contributed by atoms with Gasteiger partial charge < -0.3 is 14.6 Å². The number of carbonyl (C=O) groups excluding carboxylic acids is 2. The van der Waals surface area contributed by atoms with Crippen LogP contribution in [0.15, 0.2) is 82.3 Å². The molecule has 1 aromatic heterocycles. The Kier molecular flexibility index (Phi) is 6.41. The fourth-order valence-corrected chi connectivity index (χ4v) is 5.16. The minimum absolute atomic E-state index is 0.0266. The van der Waals surface area contributed by atoms with E-state index >= 15 is 0 Å². The summed E-state index contributed by atoms with van der Waals surface area (Å²) in [7, 11) is -3.60.